The maximum atomic E-state index is 11.8. The van der Waals surface area contributed by atoms with E-state index in [1.165, 1.54) is 5.56 Å². The molecule has 124 valence electrons. The summed E-state index contributed by atoms with van der Waals surface area (Å²) in [5, 5.41) is 2.89. The molecule has 0 aliphatic rings. The van der Waals surface area contributed by atoms with Crippen molar-refractivity contribution in [2.24, 2.45) is 11.7 Å². The average Bonchev–Trinajstić information content (AvgIpc) is 2.55. The number of hydrogen-bond acceptors (Lipinski definition) is 3. The highest BCUT2D eigenvalue weighted by Gasteiger charge is 2.11. The average molecular weight is 335 g/mol. The highest BCUT2D eigenvalue weighted by atomic mass is 35.5. The second-order valence-electron chi connectivity index (χ2n) is 5.38. The van der Waals surface area contributed by atoms with Gasteiger partial charge in [-0.05, 0) is 25.1 Å². The van der Waals surface area contributed by atoms with Crippen molar-refractivity contribution >= 4 is 18.3 Å². The normalized spacial score (nSPS) is 11.3. The number of carbonyl (C=O) groups excluding carboxylic acids is 1. The van der Waals surface area contributed by atoms with E-state index in [9.17, 15) is 4.79 Å². The second kappa shape index (κ2) is 9.18. The Morgan fingerprint density at radius 3 is 2.48 bits per heavy atom. The smallest absolute Gasteiger partial charge is 0.224 e. The summed E-state index contributed by atoms with van der Waals surface area (Å²) in [6.07, 6.45) is 0. The molecule has 1 atom stereocenters. The van der Waals surface area contributed by atoms with Crippen LogP contribution in [-0.4, -0.2) is 12.5 Å². The summed E-state index contributed by atoms with van der Waals surface area (Å²) in [5.41, 5.74) is 7.62. The van der Waals surface area contributed by atoms with Crippen molar-refractivity contribution in [1.29, 1.82) is 0 Å². The monoisotopic (exact) mass is 334 g/mol. The molecule has 0 radical (unpaired) electrons. The largest absolute Gasteiger partial charge is 0.457 e. The predicted octanol–water partition coefficient (Wildman–Crippen LogP) is 3.42. The molecule has 3 N–H and O–H groups in total. The van der Waals surface area contributed by atoms with Gasteiger partial charge in [0.2, 0.25) is 5.91 Å². The van der Waals surface area contributed by atoms with E-state index >= 15 is 0 Å². The van der Waals surface area contributed by atoms with Gasteiger partial charge in [-0.2, -0.15) is 0 Å². The fourth-order valence-electron chi connectivity index (χ4n) is 1.95. The predicted molar refractivity (Wildman–Crippen MR) is 95.0 cm³/mol. The Hall–Kier alpha value is -2.04. The third kappa shape index (κ3) is 5.58. The number of hydrogen-bond donors (Lipinski definition) is 2. The summed E-state index contributed by atoms with van der Waals surface area (Å²) >= 11 is 0. The van der Waals surface area contributed by atoms with Gasteiger partial charge in [0.1, 0.15) is 11.5 Å². The fourth-order valence-corrected chi connectivity index (χ4v) is 1.95. The Morgan fingerprint density at radius 1 is 1.17 bits per heavy atom. The van der Waals surface area contributed by atoms with Crippen LogP contribution in [0.1, 0.15) is 18.1 Å². The number of nitrogens with two attached hydrogens (primary N) is 1. The van der Waals surface area contributed by atoms with Gasteiger partial charge in [-0.15, -0.1) is 12.4 Å². The van der Waals surface area contributed by atoms with Gasteiger partial charge < -0.3 is 15.8 Å². The molecule has 0 aliphatic heterocycles. The fraction of sp³-hybridized carbons (Fsp3) is 0.278. The Balaban J connectivity index is 0.00000264. The molecule has 5 heteroatoms. The first kappa shape index (κ1) is 19.0. The minimum Gasteiger partial charge on any atom is -0.457 e. The Bertz CT molecular complexity index is 629. The van der Waals surface area contributed by atoms with E-state index in [2.05, 4.69) is 5.32 Å². The van der Waals surface area contributed by atoms with Gasteiger partial charge in [0.15, 0.2) is 0 Å². The molecule has 0 spiro atoms. The van der Waals surface area contributed by atoms with E-state index in [0.29, 0.717) is 13.1 Å². The molecule has 2 rings (SSSR count). The Morgan fingerprint density at radius 2 is 1.83 bits per heavy atom. The lowest BCUT2D eigenvalue weighted by molar-refractivity contribution is -0.124. The number of aryl methyl sites for hydroxylation is 1. The first-order valence-electron chi connectivity index (χ1n) is 7.40. The summed E-state index contributed by atoms with van der Waals surface area (Å²) in [6.45, 7) is 4.61. The number of carbonyl (C=O) groups is 1. The van der Waals surface area contributed by atoms with Crippen LogP contribution in [0.2, 0.25) is 0 Å². The molecule has 0 aliphatic carbocycles. The maximum absolute atomic E-state index is 11.8. The maximum Gasteiger partial charge on any atom is 0.224 e. The number of amides is 1. The van der Waals surface area contributed by atoms with Crippen LogP contribution in [-0.2, 0) is 11.3 Å². The first-order valence-corrected chi connectivity index (χ1v) is 7.40. The quantitative estimate of drug-likeness (QED) is 0.850. The molecule has 23 heavy (non-hydrogen) atoms. The summed E-state index contributed by atoms with van der Waals surface area (Å²) in [5.74, 6) is 1.28. The number of ether oxygens (including phenoxy) is 1. The number of rotatable bonds is 6. The van der Waals surface area contributed by atoms with Crippen molar-refractivity contribution < 1.29 is 9.53 Å². The van der Waals surface area contributed by atoms with Crippen LogP contribution in [0.15, 0.2) is 48.5 Å². The molecule has 0 saturated carbocycles. The summed E-state index contributed by atoms with van der Waals surface area (Å²) in [4.78, 5) is 11.8. The van der Waals surface area contributed by atoms with Gasteiger partial charge in [-0.25, -0.2) is 0 Å². The Labute approximate surface area is 143 Å². The summed E-state index contributed by atoms with van der Waals surface area (Å²) < 4.78 is 5.91. The SMILES string of the molecule is Cc1ccc(Oc2ccccc2CNC(=O)C(C)CN)cc1.Cl. The van der Waals surface area contributed by atoms with Gasteiger partial charge in [-0.1, -0.05) is 42.8 Å². The van der Waals surface area contributed by atoms with Gasteiger partial charge in [0.05, 0.1) is 0 Å². The van der Waals surface area contributed by atoms with Crippen molar-refractivity contribution in [3.05, 3.63) is 59.7 Å². The molecule has 0 aromatic heterocycles. The van der Waals surface area contributed by atoms with Crippen molar-refractivity contribution in [2.75, 3.05) is 6.54 Å². The standard InChI is InChI=1S/C18H22N2O2.ClH/c1-13-7-9-16(10-8-13)22-17-6-4-3-5-15(17)12-20-18(21)14(2)11-19;/h3-10,14H,11-12,19H2,1-2H3,(H,20,21);1H. The van der Waals surface area contributed by atoms with Crippen LogP contribution in [0.5, 0.6) is 11.5 Å². The van der Waals surface area contributed by atoms with Crippen LogP contribution in [0.25, 0.3) is 0 Å². The highest BCUT2D eigenvalue weighted by Crippen LogP contribution is 2.25. The first-order chi connectivity index (χ1) is 10.6. The lowest BCUT2D eigenvalue weighted by atomic mass is 10.1. The van der Waals surface area contributed by atoms with E-state index < -0.39 is 0 Å². The van der Waals surface area contributed by atoms with E-state index in [1.54, 1.807) is 0 Å². The van der Waals surface area contributed by atoms with E-state index in [1.807, 2.05) is 62.4 Å². The van der Waals surface area contributed by atoms with Gasteiger partial charge in [-0.3, -0.25) is 4.79 Å². The molecule has 0 heterocycles. The van der Waals surface area contributed by atoms with Crippen LogP contribution in [0.3, 0.4) is 0 Å². The molecule has 0 fully saturated rings. The zero-order chi connectivity index (χ0) is 15.9. The number of para-hydroxylation sites is 1. The third-order valence-electron chi connectivity index (χ3n) is 3.48. The molecule has 0 saturated heterocycles. The van der Waals surface area contributed by atoms with Gasteiger partial charge in [0, 0.05) is 24.6 Å². The number of benzene rings is 2. The molecule has 1 unspecified atom stereocenters. The van der Waals surface area contributed by atoms with Crippen LogP contribution >= 0.6 is 12.4 Å². The van der Waals surface area contributed by atoms with Crippen LogP contribution < -0.4 is 15.8 Å². The zero-order valence-electron chi connectivity index (χ0n) is 13.4. The molecular formula is C18H23ClN2O2. The van der Waals surface area contributed by atoms with E-state index in [-0.39, 0.29) is 24.2 Å². The van der Waals surface area contributed by atoms with Crippen molar-refractivity contribution in [3.63, 3.8) is 0 Å². The molecule has 4 nitrogen and oxygen atoms in total. The second-order valence-corrected chi connectivity index (χ2v) is 5.38. The topological polar surface area (TPSA) is 64.3 Å². The highest BCUT2D eigenvalue weighted by molar-refractivity contribution is 5.85. The lowest BCUT2D eigenvalue weighted by Gasteiger charge is -2.13. The minimum absolute atomic E-state index is 0. The molecular weight excluding hydrogens is 312 g/mol. The molecule has 2 aromatic carbocycles. The molecule has 1 amide bonds. The van der Waals surface area contributed by atoms with Crippen LogP contribution in [0.4, 0.5) is 0 Å². The van der Waals surface area contributed by atoms with E-state index in [4.69, 9.17) is 10.5 Å². The minimum atomic E-state index is -0.190. The van der Waals surface area contributed by atoms with E-state index in [0.717, 1.165) is 17.1 Å². The Kier molecular flexibility index (Phi) is 7.59. The summed E-state index contributed by atoms with van der Waals surface area (Å²) in [7, 11) is 0. The van der Waals surface area contributed by atoms with Crippen molar-refractivity contribution in [1.82, 2.24) is 5.32 Å². The molecule has 2 aromatic rings. The lowest BCUT2D eigenvalue weighted by Crippen LogP contribution is -2.32. The summed E-state index contributed by atoms with van der Waals surface area (Å²) in [6, 6.07) is 15.5. The van der Waals surface area contributed by atoms with Crippen molar-refractivity contribution in [2.45, 2.75) is 20.4 Å². The third-order valence-corrected chi connectivity index (χ3v) is 3.48. The van der Waals surface area contributed by atoms with Crippen molar-refractivity contribution in [3.8, 4) is 11.5 Å². The van der Waals surface area contributed by atoms with Gasteiger partial charge in [0.25, 0.3) is 0 Å². The number of halogens is 1. The number of nitrogens with one attached hydrogen (secondary N) is 1. The van der Waals surface area contributed by atoms with Crippen LogP contribution in [0, 0.1) is 12.8 Å². The van der Waals surface area contributed by atoms with Gasteiger partial charge >= 0.3 is 0 Å². The molecule has 0 bridgehead atoms. The zero-order valence-corrected chi connectivity index (χ0v) is 14.2.